The van der Waals surface area contributed by atoms with Crippen molar-refractivity contribution in [3.05, 3.63) is 60.2 Å². The summed E-state index contributed by atoms with van der Waals surface area (Å²) in [6.45, 7) is 3.21. The third-order valence-electron chi connectivity index (χ3n) is 3.03. The number of amides is 2. The topological polar surface area (TPSA) is 32.3 Å². The van der Waals surface area contributed by atoms with Gasteiger partial charge in [-0.2, -0.15) is 0 Å². The van der Waals surface area contributed by atoms with Crippen molar-refractivity contribution in [1.82, 2.24) is 4.90 Å². The van der Waals surface area contributed by atoms with E-state index in [1.165, 1.54) is 0 Å². The molecule has 3 nitrogen and oxygen atoms in total. The molecule has 0 fully saturated rings. The van der Waals surface area contributed by atoms with E-state index in [2.05, 4.69) is 17.9 Å². The third kappa shape index (κ3) is 3.78. The second-order valence-corrected chi connectivity index (χ2v) is 4.93. The molecule has 0 unspecified atom stereocenters. The average molecular weight is 286 g/mol. The fourth-order valence-corrected chi connectivity index (χ4v) is 2.12. The van der Waals surface area contributed by atoms with Crippen LogP contribution < -0.4 is 5.32 Å². The van der Waals surface area contributed by atoms with E-state index >= 15 is 0 Å². The minimum Gasteiger partial charge on any atom is -0.320 e. The number of hydrogen-bond donors (Lipinski definition) is 2. The molecule has 2 amide bonds. The fraction of sp³-hybridized carbons (Fsp3) is 0.188. The monoisotopic (exact) mass is 286 g/mol. The highest BCUT2D eigenvalue weighted by molar-refractivity contribution is 7.80. The van der Waals surface area contributed by atoms with Gasteiger partial charge in [-0.1, -0.05) is 42.5 Å². The van der Waals surface area contributed by atoms with Crippen molar-refractivity contribution in [3.8, 4) is 0 Å². The SMILES string of the molecule is CCN(Cc1ccccc1)C(=O)Nc1ccccc1S. The Labute approximate surface area is 125 Å². The van der Waals surface area contributed by atoms with Crippen LogP contribution in [0.2, 0.25) is 0 Å². The third-order valence-corrected chi connectivity index (χ3v) is 3.42. The highest BCUT2D eigenvalue weighted by Gasteiger charge is 2.12. The molecule has 0 saturated heterocycles. The lowest BCUT2D eigenvalue weighted by Gasteiger charge is -2.22. The Morgan fingerprint density at radius 3 is 2.40 bits per heavy atom. The van der Waals surface area contributed by atoms with Crippen LogP contribution in [0.15, 0.2) is 59.5 Å². The van der Waals surface area contributed by atoms with Gasteiger partial charge in [0.2, 0.25) is 0 Å². The minimum atomic E-state index is -0.113. The molecule has 1 N–H and O–H groups in total. The largest absolute Gasteiger partial charge is 0.322 e. The second-order valence-electron chi connectivity index (χ2n) is 4.45. The molecule has 2 aromatic rings. The summed E-state index contributed by atoms with van der Waals surface area (Å²) in [6, 6.07) is 17.3. The number of anilines is 1. The summed E-state index contributed by atoms with van der Waals surface area (Å²) in [4.78, 5) is 14.8. The summed E-state index contributed by atoms with van der Waals surface area (Å²) >= 11 is 4.34. The Bertz CT molecular complexity index is 572. The number of nitrogens with zero attached hydrogens (tertiary/aromatic N) is 1. The Morgan fingerprint density at radius 1 is 1.10 bits per heavy atom. The van der Waals surface area contributed by atoms with Crippen LogP contribution in [0.4, 0.5) is 10.5 Å². The Balaban J connectivity index is 2.04. The smallest absolute Gasteiger partial charge is 0.320 e. The van der Waals surface area contributed by atoms with Crippen LogP contribution in [0.1, 0.15) is 12.5 Å². The number of hydrogen-bond acceptors (Lipinski definition) is 2. The van der Waals surface area contributed by atoms with E-state index in [0.717, 1.165) is 16.1 Å². The number of carbonyl (C=O) groups excluding carboxylic acids is 1. The first-order chi connectivity index (χ1) is 9.70. The zero-order chi connectivity index (χ0) is 14.4. The van der Waals surface area contributed by atoms with Gasteiger partial charge in [0.1, 0.15) is 0 Å². The van der Waals surface area contributed by atoms with E-state index in [4.69, 9.17) is 0 Å². The predicted molar refractivity (Wildman–Crippen MR) is 85.2 cm³/mol. The molecule has 0 aliphatic heterocycles. The van der Waals surface area contributed by atoms with Crippen molar-refractivity contribution < 1.29 is 4.79 Å². The van der Waals surface area contributed by atoms with Crippen LogP contribution in [-0.4, -0.2) is 17.5 Å². The Kier molecular flexibility index (Phi) is 5.07. The van der Waals surface area contributed by atoms with Crippen LogP contribution in [0.25, 0.3) is 0 Å². The molecule has 2 rings (SSSR count). The van der Waals surface area contributed by atoms with Gasteiger partial charge in [0, 0.05) is 18.0 Å². The van der Waals surface area contributed by atoms with Gasteiger partial charge < -0.3 is 10.2 Å². The first-order valence-corrected chi connectivity index (χ1v) is 7.03. The first kappa shape index (κ1) is 14.5. The summed E-state index contributed by atoms with van der Waals surface area (Å²) in [5, 5.41) is 2.89. The number of para-hydroxylation sites is 1. The van der Waals surface area contributed by atoms with E-state index in [0.29, 0.717) is 13.1 Å². The molecular formula is C16H18N2OS. The fourth-order valence-electron chi connectivity index (χ4n) is 1.90. The summed E-state index contributed by atoms with van der Waals surface area (Å²) in [5.74, 6) is 0. The first-order valence-electron chi connectivity index (χ1n) is 6.58. The van der Waals surface area contributed by atoms with Gasteiger partial charge in [-0.05, 0) is 24.6 Å². The zero-order valence-corrected chi connectivity index (χ0v) is 12.3. The summed E-state index contributed by atoms with van der Waals surface area (Å²) in [6.07, 6.45) is 0. The summed E-state index contributed by atoms with van der Waals surface area (Å²) < 4.78 is 0. The van der Waals surface area contributed by atoms with Gasteiger partial charge >= 0.3 is 6.03 Å². The molecule has 0 aliphatic rings. The Hall–Kier alpha value is -1.94. The normalized spacial score (nSPS) is 10.1. The number of thiol groups is 1. The van der Waals surface area contributed by atoms with Crippen LogP contribution in [-0.2, 0) is 6.54 Å². The van der Waals surface area contributed by atoms with E-state index in [-0.39, 0.29) is 6.03 Å². The van der Waals surface area contributed by atoms with Crippen LogP contribution in [0.5, 0.6) is 0 Å². The maximum absolute atomic E-state index is 12.3. The second kappa shape index (κ2) is 7.01. The van der Waals surface area contributed by atoms with E-state index in [9.17, 15) is 4.79 Å². The van der Waals surface area contributed by atoms with Crippen LogP contribution in [0.3, 0.4) is 0 Å². The number of nitrogens with one attached hydrogen (secondary N) is 1. The maximum Gasteiger partial charge on any atom is 0.322 e. The standard InChI is InChI=1S/C16H18N2OS/c1-2-18(12-13-8-4-3-5-9-13)16(19)17-14-10-6-7-11-15(14)20/h3-11,20H,2,12H2,1H3,(H,17,19). The highest BCUT2D eigenvalue weighted by atomic mass is 32.1. The van der Waals surface area contributed by atoms with E-state index in [1.807, 2.05) is 61.5 Å². The quantitative estimate of drug-likeness (QED) is 0.817. The molecule has 0 radical (unpaired) electrons. The van der Waals surface area contributed by atoms with Gasteiger partial charge in [0.25, 0.3) is 0 Å². The maximum atomic E-state index is 12.3. The Morgan fingerprint density at radius 2 is 1.75 bits per heavy atom. The highest BCUT2D eigenvalue weighted by Crippen LogP contribution is 2.19. The summed E-state index contributed by atoms with van der Waals surface area (Å²) in [7, 11) is 0. The van der Waals surface area contributed by atoms with Crippen molar-refractivity contribution in [2.75, 3.05) is 11.9 Å². The number of urea groups is 1. The van der Waals surface area contributed by atoms with Gasteiger partial charge in [0.05, 0.1) is 5.69 Å². The average Bonchev–Trinajstić information content (AvgIpc) is 2.48. The van der Waals surface area contributed by atoms with Gasteiger partial charge in [0.15, 0.2) is 0 Å². The molecule has 20 heavy (non-hydrogen) atoms. The lowest BCUT2D eigenvalue weighted by Crippen LogP contribution is -2.34. The molecule has 0 aliphatic carbocycles. The molecular weight excluding hydrogens is 268 g/mol. The lowest BCUT2D eigenvalue weighted by molar-refractivity contribution is 0.212. The van der Waals surface area contributed by atoms with Crippen molar-refractivity contribution in [1.29, 1.82) is 0 Å². The van der Waals surface area contributed by atoms with E-state index < -0.39 is 0 Å². The molecule has 0 spiro atoms. The predicted octanol–water partition coefficient (Wildman–Crippen LogP) is 4.03. The number of benzene rings is 2. The molecule has 2 aromatic carbocycles. The van der Waals surface area contributed by atoms with Crippen LogP contribution in [0, 0.1) is 0 Å². The zero-order valence-electron chi connectivity index (χ0n) is 11.4. The van der Waals surface area contributed by atoms with Gasteiger partial charge in [-0.3, -0.25) is 0 Å². The van der Waals surface area contributed by atoms with Crippen LogP contribution >= 0.6 is 12.6 Å². The molecule has 0 atom stereocenters. The van der Waals surface area contributed by atoms with Gasteiger partial charge in [-0.25, -0.2) is 4.79 Å². The molecule has 104 valence electrons. The lowest BCUT2D eigenvalue weighted by atomic mass is 10.2. The van der Waals surface area contributed by atoms with Gasteiger partial charge in [-0.15, -0.1) is 12.6 Å². The molecule has 4 heteroatoms. The van der Waals surface area contributed by atoms with E-state index in [1.54, 1.807) is 4.90 Å². The van der Waals surface area contributed by atoms with Crippen molar-refractivity contribution in [3.63, 3.8) is 0 Å². The number of rotatable bonds is 4. The van der Waals surface area contributed by atoms with Crippen molar-refractivity contribution in [2.24, 2.45) is 0 Å². The molecule has 0 saturated carbocycles. The molecule has 0 heterocycles. The minimum absolute atomic E-state index is 0.113. The van der Waals surface area contributed by atoms with Crippen molar-refractivity contribution >= 4 is 24.3 Å². The molecule has 0 bridgehead atoms. The number of carbonyl (C=O) groups is 1. The molecule has 0 aromatic heterocycles. The summed E-state index contributed by atoms with van der Waals surface area (Å²) in [5.41, 5.74) is 1.84. The van der Waals surface area contributed by atoms with Crippen molar-refractivity contribution in [2.45, 2.75) is 18.4 Å².